The molecule has 1 saturated carbocycles. The minimum absolute atomic E-state index is 0.0121. The first-order chi connectivity index (χ1) is 12.2. The van der Waals surface area contributed by atoms with E-state index in [1.807, 2.05) is 6.08 Å². The molecule has 0 saturated heterocycles. The van der Waals surface area contributed by atoms with Crippen LogP contribution in [0.4, 0.5) is 0 Å². The second-order valence-electron chi connectivity index (χ2n) is 7.11. The molecule has 1 fully saturated rings. The minimum Gasteiger partial charge on any atom is -0.392 e. The lowest BCUT2D eigenvalue weighted by Crippen LogP contribution is -2.17. The molecule has 2 aliphatic carbocycles. The van der Waals surface area contributed by atoms with Crippen LogP contribution in [0.3, 0.4) is 0 Å². The highest BCUT2D eigenvalue weighted by atomic mass is 16.6. The van der Waals surface area contributed by atoms with Crippen LogP contribution in [0.2, 0.25) is 0 Å². The maximum absolute atomic E-state index is 11.9. The van der Waals surface area contributed by atoms with Crippen molar-refractivity contribution in [2.45, 2.75) is 64.4 Å². The third-order valence-electron chi connectivity index (χ3n) is 5.12. The predicted molar refractivity (Wildman–Crippen MR) is 96.0 cm³/mol. The highest BCUT2D eigenvalue weighted by Gasteiger charge is 2.43. The van der Waals surface area contributed by atoms with E-state index >= 15 is 0 Å². The monoisotopic (exact) mass is 346 g/mol. The second kappa shape index (κ2) is 10.4. The fraction of sp³-hybridized carbons (Fsp3) is 0.700. The molecule has 0 bridgehead atoms. The molecule has 0 radical (unpaired) electrons. The number of nitrogens with zero attached hydrogens (tertiary/aromatic N) is 1. The van der Waals surface area contributed by atoms with E-state index in [0.717, 1.165) is 37.8 Å². The number of ketones is 1. The Kier molecular flexibility index (Phi) is 8.17. The molecule has 2 aliphatic rings. The van der Waals surface area contributed by atoms with Crippen molar-refractivity contribution in [3.05, 3.63) is 23.9 Å². The van der Waals surface area contributed by atoms with E-state index in [0.29, 0.717) is 31.8 Å². The van der Waals surface area contributed by atoms with Crippen molar-refractivity contribution < 1.29 is 14.7 Å². The number of unbranched alkanes of at least 4 members (excludes halogenated alkanes) is 3. The SMILES string of the molecule is CCCCCC(=O)C=C[C@@H]1[C@@H]2C=C(NOCCCC#N)C[C@H]2C[C@H]1O. The molecule has 25 heavy (non-hydrogen) atoms. The van der Waals surface area contributed by atoms with Crippen LogP contribution < -0.4 is 5.48 Å². The molecule has 0 spiro atoms. The maximum Gasteiger partial charge on any atom is 0.155 e. The van der Waals surface area contributed by atoms with Crippen molar-refractivity contribution in [1.29, 1.82) is 5.26 Å². The smallest absolute Gasteiger partial charge is 0.155 e. The Labute approximate surface area is 150 Å². The van der Waals surface area contributed by atoms with Crippen molar-refractivity contribution in [2.24, 2.45) is 17.8 Å². The van der Waals surface area contributed by atoms with Crippen LogP contribution in [0.25, 0.3) is 0 Å². The lowest BCUT2D eigenvalue weighted by Gasteiger charge is -2.15. The molecule has 4 atom stereocenters. The zero-order valence-corrected chi connectivity index (χ0v) is 15.1. The van der Waals surface area contributed by atoms with Gasteiger partial charge in [-0.15, -0.1) is 0 Å². The van der Waals surface area contributed by atoms with Crippen molar-refractivity contribution in [3.63, 3.8) is 0 Å². The first kappa shape index (κ1) is 19.7. The van der Waals surface area contributed by atoms with E-state index in [1.165, 1.54) is 0 Å². The normalized spacial score (nSPS) is 28.0. The van der Waals surface area contributed by atoms with Crippen LogP contribution in [0.15, 0.2) is 23.9 Å². The van der Waals surface area contributed by atoms with Gasteiger partial charge in [-0.3, -0.25) is 15.1 Å². The molecule has 5 heteroatoms. The molecule has 0 amide bonds. The van der Waals surface area contributed by atoms with Gasteiger partial charge in [-0.05, 0) is 43.6 Å². The third kappa shape index (κ3) is 5.98. The molecule has 0 unspecified atom stereocenters. The van der Waals surface area contributed by atoms with E-state index in [9.17, 15) is 9.90 Å². The summed E-state index contributed by atoms with van der Waals surface area (Å²) in [7, 11) is 0. The average molecular weight is 346 g/mol. The maximum atomic E-state index is 11.9. The highest BCUT2D eigenvalue weighted by molar-refractivity contribution is 5.89. The van der Waals surface area contributed by atoms with Crippen LogP contribution in [-0.2, 0) is 9.63 Å². The number of aliphatic hydroxyl groups is 1. The van der Waals surface area contributed by atoms with Gasteiger partial charge in [-0.1, -0.05) is 31.9 Å². The quantitative estimate of drug-likeness (QED) is 0.340. The summed E-state index contributed by atoms with van der Waals surface area (Å²) in [6.45, 7) is 2.64. The van der Waals surface area contributed by atoms with Gasteiger partial charge in [0.15, 0.2) is 5.78 Å². The number of rotatable bonds is 11. The van der Waals surface area contributed by atoms with E-state index in [1.54, 1.807) is 6.08 Å². The summed E-state index contributed by atoms with van der Waals surface area (Å²) in [4.78, 5) is 17.3. The molecule has 0 aromatic rings. The molecule has 5 nitrogen and oxygen atoms in total. The van der Waals surface area contributed by atoms with Gasteiger partial charge < -0.3 is 5.11 Å². The van der Waals surface area contributed by atoms with Crippen molar-refractivity contribution >= 4 is 5.78 Å². The Morgan fingerprint density at radius 2 is 2.32 bits per heavy atom. The second-order valence-corrected chi connectivity index (χ2v) is 7.11. The van der Waals surface area contributed by atoms with Gasteiger partial charge in [0.1, 0.15) is 0 Å². The lowest BCUT2D eigenvalue weighted by atomic mass is 9.91. The van der Waals surface area contributed by atoms with Gasteiger partial charge in [-0.2, -0.15) is 5.26 Å². The summed E-state index contributed by atoms with van der Waals surface area (Å²) in [5.74, 6) is 0.841. The summed E-state index contributed by atoms with van der Waals surface area (Å²) < 4.78 is 0. The predicted octanol–water partition coefficient (Wildman–Crippen LogP) is 3.42. The number of carbonyl (C=O) groups is 1. The third-order valence-corrected chi connectivity index (χ3v) is 5.12. The number of aliphatic hydroxyl groups excluding tert-OH is 1. The highest BCUT2D eigenvalue weighted by Crippen LogP contribution is 2.46. The van der Waals surface area contributed by atoms with Crippen LogP contribution in [0.5, 0.6) is 0 Å². The van der Waals surface area contributed by atoms with Gasteiger partial charge in [0.05, 0.1) is 18.8 Å². The summed E-state index contributed by atoms with van der Waals surface area (Å²) in [6, 6.07) is 2.09. The number of hydrogen-bond donors (Lipinski definition) is 2. The van der Waals surface area contributed by atoms with Crippen molar-refractivity contribution in [1.82, 2.24) is 5.48 Å². The van der Waals surface area contributed by atoms with Gasteiger partial charge in [0.25, 0.3) is 0 Å². The van der Waals surface area contributed by atoms with E-state index in [4.69, 9.17) is 10.1 Å². The molecule has 0 heterocycles. The molecule has 0 aliphatic heterocycles. The summed E-state index contributed by atoms with van der Waals surface area (Å²) in [5, 5.41) is 18.8. The standard InChI is InChI=1S/C20H30N2O3/c1-2-3-4-7-17(23)8-9-18-19-14-16(12-15(19)13-20(18)24)22-25-11-6-5-10-21/h8-9,14-15,18-20,22,24H,2-7,11-13H2,1H3/t15-,18+,19+,20+/m0/s1. The zero-order valence-electron chi connectivity index (χ0n) is 15.1. The summed E-state index contributed by atoms with van der Waals surface area (Å²) in [6.07, 6.45) is 11.9. The van der Waals surface area contributed by atoms with Crippen LogP contribution >= 0.6 is 0 Å². The first-order valence-electron chi connectivity index (χ1n) is 9.50. The van der Waals surface area contributed by atoms with E-state index in [-0.39, 0.29) is 23.7 Å². The van der Waals surface area contributed by atoms with Gasteiger partial charge in [0.2, 0.25) is 0 Å². The Morgan fingerprint density at radius 3 is 3.08 bits per heavy atom. The van der Waals surface area contributed by atoms with Crippen LogP contribution in [-0.4, -0.2) is 23.6 Å². The number of fused-ring (bicyclic) bond motifs is 1. The lowest BCUT2D eigenvalue weighted by molar-refractivity contribution is -0.114. The van der Waals surface area contributed by atoms with Gasteiger partial charge in [-0.25, -0.2) is 0 Å². The minimum atomic E-state index is -0.371. The molecule has 2 rings (SSSR count). The number of allylic oxidation sites excluding steroid dienone is 3. The van der Waals surface area contributed by atoms with Crippen molar-refractivity contribution in [2.75, 3.05) is 6.61 Å². The number of nitriles is 1. The first-order valence-corrected chi connectivity index (χ1v) is 9.50. The molecular formula is C20H30N2O3. The Hall–Kier alpha value is -1.64. The van der Waals surface area contributed by atoms with Gasteiger partial charge in [0, 0.05) is 24.5 Å². The van der Waals surface area contributed by atoms with E-state index in [2.05, 4.69) is 24.5 Å². The summed E-state index contributed by atoms with van der Waals surface area (Å²) in [5.41, 5.74) is 4.03. The average Bonchev–Trinajstić information content (AvgIpc) is 3.09. The Morgan fingerprint density at radius 1 is 1.48 bits per heavy atom. The fourth-order valence-electron chi connectivity index (χ4n) is 3.80. The van der Waals surface area contributed by atoms with Gasteiger partial charge >= 0.3 is 0 Å². The van der Waals surface area contributed by atoms with Crippen molar-refractivity contribution in [3.8, 4) is 6.07 Å². The zero-order chi connectivity index (χ0) is 18.1. The number of carbonyl (C=O) groups excluding carboxylic acids is 1. The number of hydroxylamine groups is 1. The molecule has 2 N–H and O–H groups in total. The largest absolute Gasteiger partial charge is 0.392 e. The van der Waals surface area contributed by atoms with Crippen LogP contribution in [0.1, 0.15) is 58.3 Å². The van der Waals surface area contributed by atoms with Crippen LogP contribution in [0, 0.1) is 29.1 Å². The molecular weight excluding hydrogens is 316 g/mol. The topological polar surface area (TPSA) is 82.3 Å². The Balaban J connectivity index is 1.81. The Bertz CT molecular complexity index is 536. The molecule has 0 aromatic heterocycles. The summed E-state index contributed by atoms with van der Waals surface area (Å²) >= 11 is 0. The number of nitrogens with one attached hydrogen (secondary N) is 1. The molecule has 0 aromatic carbocycles. The fourth-order valence-corrected chi connectivity index (χ4v) is 3.80. The number of hydrogen-bond acceptors (Lipinski definition) is 5. The van der Waals surface area contributed by atoms with E-state index < -0.39 is 0 Å². The molecule has 138 valence electrons.